The average Bonchev–Trinajstić information content (AvgIpc) is 0.798. The van der Waals surface area contributed by atoms with E-state index in [0.717, 1.165) is 0 Å². The lowest BCUT2D eigenvalue weighted by Gasteiger charge is -2.28. The number of hydrogen-bond donors (Lipinski definition) is 0. The van der Waals surface area contributed by atoms with Gasteiger partial charge in [-0.3, -0.25) is 0 Å². The zero-order chi connectivity index (χ0) is 74.6. The van der Waals surface area contributed by atoms with Crippen molar-refractivity contribution in [2.45, 2.75) is 285 Å². The third-order valence-corrected chi connectivity index (χ3v) is 27.2. The average molecular weight is 1420 g/mol. The van der Waals surface area contributed by atoms with E-state index in [2.05, 4.69) is 265 Å². The van der Waals surface area contributed by atoms with E-state index in [1.54, 1.807) is 0 Å². The molecule has 108 heavy (non-hydrogen) atoms. The van der Waals surface area contributed by atoms with Crippen molar-refractivity contribution in [3.8, 4) is 33.4 Å². The second-order valence-electron chi connectivity index (χ2n) is 36.7. The highest BCUT2D eigenvalue weighted by atomic mass is 14.3. The molecule has 0 bridgehead atoms. The zero-order valence-corrected chi connectivity index (χ0v) is 68.1. The Balaban J connectivity index is 0.921. The van der Waals surface area contributed by atoms with E-state index < -0.39 is 0 Å². The van der Waals surface area contributed by atoms with Crippen LogP contribution < -0.4 is 0 Å². The van der Waals surface area contributed by atoms with Crippen LogP contribution in [0, 0.1) is 0 Å². The molecule has 0 heteroatoms. The summed E-state index contributed by atoms with van der Waals surface area (Å²) in [5.41, 5.74) is 13.9. The van der Waals surface area contributed by atoms with Crippen molar-refractivity contribution in [2.24, 2.45) is 0 Å². The highest BCUT2D eigenvalue weighted by Gasteiger charge is 2.30. The predicted octanol–water partition coefficient (Wildman–Crippen LogP) is 34.4. The van der Waals surface area contributed by atoms with Gasteiger partial charge in [-0.15, -0.1) is 0 Å². The van der Waals surface area contributed by atoms with Gasteiger partial charge in [0.05, 0.1) is 0 Å². The number of hydrogen-bond acceptors (Lipinski definition) is 0. The molecule has 0 aliphatic rings. The summed E-state index contributed by atoms with van der Waals surface area (Å²) in [6.45, 7) is 29.3. The highest BCUT2D eigenvalue weighted by molar-refractivity contribution is 6.35. The Morgan fingerprint density at radius 2 is 0.352 bits per heavy atom. The molecule has 0 spiro atoms. The molecule has 0 radical (unpaired) electrons. The summed E-state index contributed by atoms with van der Waals surface area (Å²) in [5.74, 6) is 0. The summed E-state index contributed by atoms with van der Waals surface area (Å²) in [4.78, 5) is 0. The third-order valence-electron chi connectivity index (χ3n) is 27.2. The van der Waals surface area contributed by atoms with E-state index in [4.69, 9.17) is 0 Å². The Kier molecular flexibility index (Phi) is 20.8. The molecule has 0 saturated carbocycles. The fourth-order valence-corrected chi connectivity index (χ4v) is 20.4. The zero-order valence-electron chi connectivity index (χ0n) is 68.1. The maximum Gasteiger partial charge on any atom is -0.00143 e. The van der Waals surface area contributed by atoms with E-state index >= 15 is 0 Å². The number of benzene rings is 16. The summed E-state index contributed by atoms with van der Waals surface area (Å²) >= 11 is 0. The smallest absolute Gasteiger partial charge is 0.00143 e. The molecule has 0 unspecified atom stereocenters. The molecule has 0 saturated heterocycles. The van der Waals surface area contributed by atoms with Crippen molar-refractivity contribution in [2.75, 3.05) is 0 Å². The van der Waals surface area contributed by atoms with Gasteiger partial charge in [0.25, 0.3) is 0 Å². The fraction of sp³-hybridized carbons (Fsp3) is 0.407. The largest absolute Gasteiger partial charge is 0.0654 e. The minimum absolute atomic E-state index is 0.0398. The maximum absolute atomic E-state index is 2.67. The van der Waals surface area contributed by atoms with Gasteiger partial charge in [0.15, 0.2) is 0 Å². The van der Waals surface area contributed by atoms with Crippen LogP contribution in [0.3, 0.4) is 0 Å². The first-order valence-electron chi connectivity index (χ1n) is 43.4. The van der Waals surface area contributed by atoms with Gasteiger partial charge in [0.1, 0.15) is 0 Å². The standard InChI is InChI=1S/C108H122/c1-13-17-21-25-29-33-57-105(5,6)81-61-73-39-37-71-41-49-85(87-51-43-75(63-81)97(73)101(71)87)93-69-95(91-55-47-79-67-83(65-77-45-53-89(93)103(91)99(77)79)107(9,10)59-35-31-27-23-19-15-3)96-70-94(90-54-46-78-66-84(68-80-48-56-92(96)104(90)100(78)80)108(11,12)60-36-32-28-24-20-16-4)86-50-42-72-38-40-74-62-82(64-76-44-52-88(86)102(72)98(74)76)106(7,8)58-34-30-26-22-18-14-2/h37-56,61-70H,13-36,57-60H2,1-12H3. The first-order valence-corrected chi connectivity index (χ1v) is 43.4. The summed E-state index contributed by atoms with van der Waals surface area (Å²) in [7, 11) is 0. The Labute approximate surface area is 647 Å². The van der Waals surface area contributed by atoms with Gasteiger partial charge >= 0.3 is 0 Å². The van der Waals surface area contributed by atoms with Crippen LogP contribution in [0.2, 0.25) is 0 Å². The number of unbranched alkanes of at least 4 members (excludes halogenated alkanes) is 20. The van der Waals surface area contributed by atoms with Crippen LogP contribution in [0.25, 0.3) is 163 Å². The van der Waals surface area contributed by atoms with Crippen molar-refractivity contribution in [1.29, 1.82) is 0 Å². The molecular formula is C108H122. The maximum atomic E-state index is 2.67. The van der Waals surface area contributed by atoms with Gasteiger partial charge in [-0.2, -0.15) is 0 Å². The van der Waals surface area contributed by atoms with E-state index in [1.165, 1.54) is 365 Å². The Bertz CT molecular complexity index is 5440. The fourth-order valence-electron chi connectivity index (χ4n) is 20.4. The van der Waals surface area contributed by atoms with Crippen LogP contribution in [0.1, 0.15) is 285 Å². The highest BCUT2D eigenvalue weighted by Crippen LogP contribution is 2.54. The van der Waals surface area contributed by atoms with Crippen molar-refractivity contribution in [3.05, 3.63) is 204 Å². The molecule has 0 fully saturated rings. The van der Waals surface area contributed by atoms with E-state index in [1.807, 2.05) is 0 Å². The number of rotatable bonds is 35. The third kappa shape index (κ3) is 13.8. The quantitative estimate of drug-likeness (QED) is 0.0274. The van der Waals surface area contributed by atoms with Gasteiger partial charge in [-0.1, -0.05) is 407 Å². The molecule has 0 nitrogen and oxygen atoms in total. The van der Waals surface area contributed by atoms with Crippen LogP contribution in [-0.4, -0.2) is 0 Å². The van der Waals surface area contributed by atoms with E-state index in [-0.39, 0.29) is 21.7 Å². The first-order chi connectivity index (χ1) is 52.4. The monoisotopic (exact) mass is 1420 g/mol. The summed E-state index contributed by atoms with van der Waals surface area (Å²) in [6, 6.07) is 75.6. The summed E-state index contributed by atoms with van der Waals surface area (Å²) in [6.07, 6.45) is 36.4. The van der Waals surface area contributed by atoms with Crippen molar-refractivity contribution in [1.82, 2.24) is 0 Å². The molecule has 0 aliphatic carbocycles. The van der Waals surface area contributed by atoms with Gasteiger partial charge in [-0.25, -0.2) is 0 Å². The molecule has 0 N–H and O–H groups in total. The molecule has 16 aromatic rings. The van der Waals surface area contributed by atoms with Gasteiger partial charge in [-0.05, 0) is 244 Å². The molecule has 0 aromatic heterocycles. The van der Waals surface area contributed by atoms with Crippen LogP contribution in [0.5, 0.6) is 0 Å². The molecule has 0 aliphatic heterocycles. The second kappa shape index (κ2) is 30.5. The molecule has 0 atom stereocenters. The van der Waals surface area contributed by atoms with Gasteiger partial charge < -0.3 is 0 Å². The Morgan fingerprint density at radius 1 is 0.167 bits per heavy atom. The van der Waals surface area contributed by atoms with E-state index in [0.29, 0.717) is 0 Å². The summed E-state index contributed by atoms with van der Waals surface area (Å²) < 4.78 is 0. The molecule has 0 heterocycles. The molecule has 16 aromatic carbocycles. The minimum atomic E-state index is 0.0398. The second-order valence-corrected chi connectivity index (χ2v) is 36.7. The molecular weight excluding hydrogens is 1300 g/mol. The Hall–Kier alpha value is -8.32. The Morgan fingerprint density at radius 3 is 0.602 bits per heavy atom. The van der Waals surface area contributed by atoms with Crippen LogP contribution in [-0.2, 0) is 21.7 Å². The van der Waals surface area contributed by atoms with Gasteiger partial charge in [0, 0.05) is 0 Å². The van der Waals surface area contributed by atoms with Crippen LogP contribution in [0.4, 0.5) is 0 Å². The van der Waals surface area contributed by atoms with Crippen molar-refractivity contribution in [3.63, 3.8) is 0 Å². The lowest BCUT2D eigenvalue weighted by atomic mass is 9.76. The molecule has 16 rings (SSSR count). The lowest BCUT2D eigenvalue weighted by Crippen LogP contribution is -2.17. The predicted molar refractivity (Wildman–Crippen MR) is 482 cm³/mol. The lowest BCUT2D eigenvalue weighted by molar-refractivity contribution is 0.443. The van der Waals surface area contributed by atoms with Crippen LogP contribution in [0.15, 0.2) is 182 Å². The minimum Gasteiger partial charge on any atom is -0.0654 e. The SMILES string of the molecule is CCCCCCCCC(C)(C)c1cc2ccc3ccc(-c4cc(-c5cc(-c6ccc7ccc8cc(C(C)(C)CCCCCCCC)cc9ccc6c7c89)c6ccc7cc(C(C)(C)CCCCCCCC)cc8ccc5c6c78)c5ccc6cc(C(C)(C)CCCCCCCC)cc7ccc4c5c76)c4ccc(c1)c2c34. The molecule has 0 amide bonds. The topological polar surface area (TPSA) is 0 Å². The first kappa shape index (κ1) is 73.8. The van der Waals surface area contributed by atoms with Crippen molar-refractivity contribution >= 4 is 129 Å². The summed E-state index contributed by atoms with van der Waals surface area (Å²) in [5, 5.41) is 32.5. The van der Waals surface area contributed by atoms with Crippen molar-refractivity contribution < 1.29 is 0 Å². The van der Waals surface area contributed by atoms with Gasteiger partial charge in [0.2, 0.25) is 0 Å². The van der Waals surface area contributed by atoms with Crippen LogP contribution >= 0.6 is 0 Å². The molecule has 554 valence electrons. The normalized spacial score (nSPS) is 13.1. The van der Waals surface area contributed by atoms with E-state index in [9.17, 15) is 0 Å².